The first-order chi connectivity index (χ1) is 14.5. The molecular formula is C24H24N2O4. The van der Waals surface area contributed by atoms with Crippen LogP contribution < -0.4 is 0 Å². The van der Waals surface area contributed by atoms with Crippen molar-refractivity contribution in [2.75, 3.05) is 0 Å². The van der Waals surface area contributed by atoms with E-state index in [9.17, 15) is 20.2 Å². The lowest BCUT2D eigenvalue weighted by Crippen LogP contribution is -1.93. The van der Waals surface area contributed by atoms with Crippen molar-refractivity contribution in [1.82, 2.24) is 0 Å². The van der Waals surface area contributed by atoms with Crippen LogP contribution >= 0.6 is 0 Å². The van der Waals surface area contributed by atoms with Crippen molar-refractivity contribution >= 4 is 11.4 Å². The Morgan fingerprint density at radius 2 is 1.20 bits per heavy atom. The molecule has 0 aliphatic carbocycles. The molecule has 6 heteroatoms. The van der Waals surface area contributed by atoms with E-state index in [0.29, 0.717) is 0 Å². The number of nitro benzene ring substituents is 2. The summed E-state index contributed by atoms with van der Waals surface area (Å²) in [7, 11) is 0. The summed E-state index contributed by atoms with van der Waals surface area (Å²) in [4.78, 5) is 21.6. The molecule has 0 unspecified atom stereocenters. The Morgan fingerprint density at radius 3 is 1.67 bits per heavy atom. The number of benzene rings is 3. The zero-order chi connectivity index (χ0) is 21.5. The largest absolute Gasteiger partial charge is 0.270 e. The molecule has 0 atom stereocenters. The van der Waals surface area contributed by atoms with Gasteiger partial charge in [-0.15, -0.1) is 0 Å². The molecule has 0 heterocycles. The van der Waals surface area contributed by atoms with Crippen molar-refractivity contribution in [1.29, 1.82) is 0 Å². The van der Waals surface area contributed by atoms with Gasteiger partial charge in [-0.2, -0.15) is 0 Å². The second-order valence-electron chi connectivity index (χ2n) is 7.34. The van der Waals surface area contributed by atoms with Crippen LogP contribution in [0, 0.1) is 20.2 Å². The normalized spacial score (nSPS) is 10.7. The van der Waals surface area contributed by atoms with E-state index in [1.54, 1.807) is 24.3 Å². The lowest BCUT2D eigenvalue weighted by atomic mass is 9.93. The van der Waals surface area contributed by atoms with Crippen molar-refractivity contribution in [2.45, 2.75) is 39.0 Å². The van der Waals surface area contributed by atoms with Gasteiger partial charge >= 0.3 is 0 Å². The second kappa shape index (κ2) is 9.78. The molecule has 3 aromatic carbocycles. The summed E-state index contributed by atoms with van der Waals surface area (Å²) in [5, 5.41) is 22.4. The third-order valence-corrected chi connectivity index (χ3v) is 5.09. The highest BCUT2D eigenvalue weighted by atomic mass is 16.6. The van der Waals surface area contributed by atoms with Gasteiger partial charge < -0.3 is 0 Å². The Hall–Kier alpha value is -3.54. The minimum absolute atomic E-state index is 0.0396. The molecule has 0 aliphatic rings. The van der Waals surface area contributed by atoms with Crippen LogP contribution in [0.2, 0.25) is 0 Å². The molecule has 0 spiro atoms. The number of hydrogen-bond acceptors (Lipinski definition) is 4. The second-order valence-corrected chi connectivity index (χ2v) is 7.34. The Balaban J connectivity index is 2.04. The van der Waals surface area contributed by atoms with Crippen molar-refractivity contribution in [3.63, 3.8) is 0 Å². The molecule has 6 nitrogen and oxygen atoms in total. The molecule has 0 fully saturated rings. The molecule has 0 amide bonds. The van der Waals surface area contributed by atoms with Crippen LogP contribution in [0.25, 0.3) is 22.3 Å². The Morgan fingerprint density at radius 1 is 0.667 bits per heavy atom. The maximum atomic E-state index is 11.2. The fraction of sp³-hybridized carbons (Fsp3) is 0.250. The van der Waals surface area contributed by atoms with E-state index in [2.05, 4.69) is 19.1 Å². The van der Waals surface area contributed by atoms with Gasteiger partial charge in [-0.05, 0) is 46.7 Å². The SMILES string of the molecule is CCCCCCc1cc(-c2cccc([N+](=O)[O-])c2)cc(-c2cccc([N+](=O)[O-])c2)c1. The number of aryl methyl sites for hydroxylation is 1. The first kappa shape index (κ1) is 21.2. The van der Waals surface area contributed by atoms with Crippen LogP contribution in [0.3, 0.4) is 0 Å². The van der Waals surface area contributed by atoms with E-state index < -0.39 is 9.85 Å². The minimum Gasteiger partial charge on any atom is -0.258 e. The standard InChI is InChI=1S/C24H24N2O4/c1-2-3-4-5-8-18-13-21(19-9-6-11-23(16-19)25(27)28)15-22(14-18)20-10-7-12-24(17-20)26(29)30/h6-7,9-17H,2-5,8H2,1H3. The molecule has 0 saturated carbocycles. The highest BCUT2D eigenvalue weighted by Gasteiger charge is 2.12. The lowest BCUT2D eigenvalue weighted by molar-refractivity contribution is -0.385. The molecule has 0 radical (unpaired) electrons. The average Bonchev–Trinajstić information content (AvgIpc) is 2.76. The third-order valence-electron chi connectivity index (χ3n) is 5.09. The van der Waals surface area contributed by atoms with Gasteiger partial charge in [-0.25, -0.2) is 0 Å². The molecule has 3 aromatic rings. The fourth-order valence-electron chi connectivity index (χ4n) is 3.52. The van der Waals surface area contributed by atoms with Gasteiger partial charge in [0.05, 0.1) is 9.85 Å². The van der Waals surface area contributed by atoms with Crippen LogP contribution in [-0.2, 0) is 6.42 Å². The van der Waals surface area contributed by atoms with Gasteiger partial charge in [0.1, 0.15) is 0 Å². The minimum atomic E-state index is -0.403. The van der Waals surface area contributed by atoms with Crippen molar-refractivity contribution in [3.8, 4) is 22.3 Å². The lowest BCUT2D eigenvalue weighted by Gasteiger charge is -2.11. The van der Waals surface area contributed by atoms with Crippen LogP contribution in [0.4, 0.5) is 11.4 Å². The smallest absolute Gasteiger partial charge is 0.258 e. The van der Waals surface area contributed by atoms with Crippen molar-refractivity contribution in [2.24, 2.45) is 0 Å². The van der Waals surface area contributed by atoms with E-state index in [-0.39, 0.29) is 11.4 Å². The first-order valence-electron chi connectivity index (χ1n) is 10.1. The third kappa shape index (κ3) is 5.29. The molecular weight excluding hydrogens is 380 g/mol. The van der Waals surface area contributed by atoms with Crippen molar-refractivity contribution < 1.29 is 9.85 Å². The summed E-state index contributed by atoms with van der Waals surface area (Å²) in [5.74, 6) is 0. The quantitative estimate of drug-likeness (QED) is 0.219. The molecule has 0 N–H and O–H groups in total. The van der Waals surface area contributed by atoms with Gasteiger partial charge in [0.25, 0.3) is 11.4 Å². The molecule has 154 valence electrons. The number of unbranched alkanes of at least 4 members (excludes halogenated alkanes) is 3. The van der Waals surface area contributed by atoms with Crippen LogP contribution in [0.1, 0.15) is 38.2 Å². The summed E-state index contributed by atoms with van der Waals surface area (Å²) in [6.07, 6.45) is 5.43. The van der Waals surface area contributed by atoms with Crippen LogP contribution in [-0.4, -0.2) is 9.85 Å². The summed E-state index contributed by atoms with van der Waals surface area (Å²) in [5.41, 5.74) is 4.45. The van der Waals surface area contributed by atoms with Gasteiger partial charge in [-0.1, -0.05) is 62.6 Å². The maximum absolute atomic E-state index is 11.2. The monoisotopic (exact) mass is 404 g/mol. The maximum Gasteiger partial charge on any atom is 0.270 e. The van der Waals surface area contributed by atoms with Gasteiger partial charge in [0, 0.05) is 24.3 Å². The van der Waals surface area contributed by atoms with Crippen LogP contribution in [0.5, 0.6) is 0 Å². The number of non-ortho nitro benzene ring substituents is 2. The van der Waals surface area contributed by atoms with E-state index in [0.717, 1.165) is 53.5 Å². The highest BCUT2D eigenvalue weighted by Crippen LogP contribution is 2.32. The predicted octanol–water partition coefficient (Wildman–Crippen LogP) is 6.96. The average molecular weight is 404 g/mol. The molecule has 0 aromatic heterocycles. The summed E-state index contributed by atoms with van der Waals surface area (Å²) in [6.45, 7) is 2.17. The highest BCUT2D eigenvalue weighted by molar-refractivity contribution is 5.76. The Bertz CT molecular complexity index is 987. The molecule has 30 heavy (non-hydrogen) atoms. The summed E-state index contributed by atoms with van der Waals surface area (Å²) < 4.78 is 0. The zero-order valence-electron chi connectivity index (χ0n) is 16.9. The molecule has 0 saturated heterocycles. The molecule has 0 aliphatic heterocycles. The summed E-state index contributed by atoms with van der Waals surface area (Å²) in [6, 6.07) is 19.2. The Labute approximate surface area is 175 Å². The van der Waals surface area contributed by atoms with Crippen LogP contribution in [0.15, 0.2) is 66.7 Å². The number of hydrogen-bond donors (Lipinski definition) is 0. The van der Waals surface area contributed by atoms with Gasteiger partial charge in [-0.3, -0.25) is 20.2 Å². The zero-order valence-corrected chi connectivity index (χ0v) is 16.9. The number of rotatable bonds is 9. The van der Waals surface area contributed by atoms with Gasteiger partial charge in [0.15, 0.2) is 0 Å². The predicted molar refractivity (Wildman–Crippen MR) is 118 cm³/mol. The van der Waals surface area contributed by atoms with Crippen molar-refractivity contribution in [3.05, 3.63) is 92.5 Å². The summed E-state index contributed by atoms with van der Waals surface area (Å²) >= 11 is 0. The number of nitro groups is 2. The number of nitrogens with zero attached hydrogens (tertiary/aromatic N) is 2. The van der Waals surface area contributed by atoms with E-state index in [1.165, 1.54) is 18.6 Å². The van der Waals surface area contributed by atoms with E-state index >= 15 is 0 Å². The first-order valence-corrected chi connectivity index (χ1v) is 10.1. The fourth-order valence-corrected chi connectivity index (χ4v) is 3.52. The van der Waals surface area contributed by atoms with E-state index in [1.807, 2.05) is 18.2 Å². The van der Waals surface area contributed by atoms with Gasteiger partial charge in [0.2, 0.25) is 0 Å². The Kier molecular flexibility index (Phi) is 6.91. The molecule has 0 bridgehead atoms. The molecule has 3 rings (SSSR count). The van der Waals surface area contributed by atoms with E-state index in [4.69, 9.17) is 0 Å². The topological polar surface area (TPSA) is 86.3 Å².